The van der Waals surface area contributed by atoms with Gasteiger partial charge in [-0.15, -0.1) is 0 Å². The van der Waals surface area contributed by atoms with Gasteiger partial charge in [-0.05, 0) is 48.5 Å². The molecule has 2 aromatic carbocycles. The summed E-state index contributed by atoms with van der Waals surface area (Å²) in [6.07, 6.45) is 0. The number of benzene rings is 2. The van der Waals surface area contributed by atoms with Crippen molar-refractivity contribution in [1.82, 2.24) is 19.2 Å². The van der Waals surface area contributed by atoms with E-state index < -0.39 is 80.1 Å². The fourth-order valence-corrected chi connectivity index (χ4v) is 7.23. The summed E-state index contributed by atoms with van der Waals surface area (Å²) >= 11 is 0. The van der Waals surface area contributed by atoms with Crippen molar-refractivity contribution < 1.29 is 44.4 Å². The Labute approximate surface area is 222 Å². The van der Waals surface area contributed by atoms with E-state index in [4.69, 9.17) is 0 Å². The zero-order chi connectivity index (χ0) is 28.6. The third-order valence-corrected chi connectivity index (χ3v) is 9.95. The Morgan fingerprint density at radius 1 is 0.513 bits per heavy atom. The van der Waals surface area contributed by atoms with Gasteiger partial charge in [0.2, 0.25) is 43.7 Å². The SMILES string of the molecule is O=C1CN(S(=O)(=O)c2ccc(NS(=O)(=O)Nc3ccc(S(=O)(=O)N4CC(=O)NC(=O)C4)cc3)cc2)CC(=O)N1. The second kappa shape index (κ2) is 10.3. The average Bonchev–Trinajstić information content (AvgIpc) is 2.83. The number of hydrogen-bond acceptors (Lipinski definition) is 10. The van der Waals surface area contributed by atoms with Crippen LogP contribution in [-0.4, -0.2) is 83.7 Å². The van der Waals surface area contributed by atoms with Gasteiger partial charge in [0.25, 0.3) is 0 Å². The fraction of sp³-hybridized carbons (Fsp3) is 0.200. The van der Waals surface area contributed by atoms with E-state index in [1.54, 1.807) is 0 Å². The van der Waals surface area contributed by atoms with Gasteiger partial charge in [0.05, 0.1) is 47.3 Å². The van der Waals surface area contributed by atoms with Gasteiger partial charge in [-0.2, -0.15) is 17.0 Å². The van der Waals surface area contributed by atoms with E-state index in [1.807, 2.05) is 10.6 Å². The van der Waals surface area contributed by atoms with Gasteiger partial charge in [0.1, 0.15) is 0 Å². The highest BCUT2D eigenvalue weighted by atomic mass is 32.2. The summed E-state index contributed by atoms with van der Waals surface area (Å²) in [5.74, 6) is -3.09. The third kappa shape index (κ3) is 6.40. The predicted octanol–water partition coefficient (Wildman–Crippen LogP) is -2.25. The standard InChI is InChI=1S/C20H20N6O10S3/c27-17-9-25(10-18(28)21-17)37(31,32)15-5-1-13(2-6-15)23-39(35,36)24-14-3-7-16(8-4-14)38(33,34)26-11-19(29)22-20(30)12-26/h1-8,23-24H,9-12H2,(H,21,27,28)(H,22,29,30). The van der Waals surface area contributed by atoms with Crippen molar-refractivity contribution in [3.05, 3.63) is 48.5 Å². The monoisotopic (exact) mass is 600 g/mol. The maximum atomic E-state index is 12.7. The Morgan fingerprint density at radius 2 is 0.795 bits per heavy atom. The molecule has 2 fully saturated rings. The van der Waals surface area contributed by atoms with Crippen molar-refractivity contribution >= 4 is 65.3 Å². The molecule has 0 aromatic heterocycles. The summed E-state index contributed by atoms with van der Waals surface area (Å²) in [6, 6.07) is 9.00. The van der Waals surface area contributed by atoms with Crippen LogP contribution >= 0.6 is 0 Å². The molecule has 19 heteroatoms. The largest absolute Gasteiger partial charge is 0.321 e. The number of sulfonamides is 2. The number of carbonyl (C=O) groups is 4. The molecule has 4 rings (SSSR count). The Kier molecular flexibility index (Phi) is 7.45. The van der Waals surface area contributed by atoms with Crippen LogP contribution in [0.2, 0.25) is 0 Å². The number of nitrogens with zero attached hydrogens (tertiary/aromatic N) is 2. The molecule has 0 unspecified atom stereocenters. The molecule has 2 aliphatic rings. The second-order valence-corrected chi connectivity index (χ2v) is 13.5. The van der Waals surface area contributed by atoms with Crippen LogP contribution in [0.5, 0.6) is 0 Å². The minimum Gasteiger partial charge on any atom is -0.294 e. The van der Waals surface area contributed by atoms with Crippen LogP contribution in [0.1, 0.15) is 0 Å². The molecule has 0 bridgehead atoms. The minimum atomic E-state index is -4.27. The fourth-order valence-electron chi connectivity index (χ4n) is 3.59. The summed E-state index contributed by atoms with van der Waals surface area (Å²) in [5, 5.41) is 3.98. The Balaban J connectivity index is 1.42. The summed E-state index contributed by atoms with van der Waals surface area (Å²) in [5.41, 5.74) is -0.0534. The van der Waals surface area contributed by atoms with E-state index in [9.17, 15) is 44.4 Å². The van der Waals surface area contributed by atoms with Crippen molar-refractivity contribution in [3.63, 3.8) is 0 Å². The number of nitrogens with one attached hydrogen (secondary N) is 4. The molecule has 0 aliphatic carbocycles. The summed E-state index contributed by atoms with van der Waals surface area (Å²) in [7, 11) is -12.7. The van der Waals surface area contributed by atoms with Crippen LogP contribution in [0.15, 0.2) is 58.3 Å². The third-order valence-electron chi connectivity index (χ3n) is 5.33. The molecule has 0 spiro atoms. The topological polar surface area (TPSA) is 225 Å². The average molecular weight is 601 g/mol. The van der Waals surface area contributed by atoms with Crippen LogP contribution in [0.25, 0.3) is 0 Å². The summed E-state index contributed by atoms with van der Waals surface area (Å²) in [6.45, 7) is -2.17. The Morgan fingerprint density at radius 3 is 1.08 bits per heavy atom. The first-order valence-corrected chi connectivity index (χ1v) is 15.2. The smallest absolute Gasteiger partial charge is 0.294 e. The van der Waals surface area contributed by atoms with E-state index >= 15 is 0 Å². The zero-order valence-corrected chi connectivity index (χ0v) is 22.1. The van der Waals surface area contributed by atoms with E-state index in [1.165, 1.54) is 0 Å². The molecule has 16 nitrogen and oxygen atoms in total. The number of amides is 4. The molecule has 2 aromatic rings. The van der Waals surface area contributed by atoms with Crippen molar-refractivity contribution in [2.75, 3.05) is 35.6 Å². The van der Waals surface area contributed by atoms with Crippen LogP contribution in [0, 0.1) is 0 Å². The number of piperazine rings is 2. The molecule has 208 valence electrons. The normalized spacial score (nSPS) is 17.8. The molecule has 39 heavy (non-hydrogen) atoms. The van der Waals surface area contributed by atoms with Crippen LogP contribution in [0.4, 0.5) is 11.4 Å². The van der Waals surface area contributed by atoms with E-state index in [2.05, 4.69) is 9.44 Å². The van der Waals surface area contributed by atoms with Gasteiger partial charge >= 0.3 is 10.2 Å². The number of anilines is 2. The molecule has 2 saturated heterocycles. The number of rotatable bonds is 8. The lowest BCUT2D eigenvalue weighted by Gasteiger charge is -2.24. The van der Waals surface area contributed by atoms with Crippen molar-refractivity contribution in [2.24, 2.45) is 0 Å². The summed E-state index contributed by atoms with van der Waals surface area (Å²) in [4.78, 5) is 45.5. The maximum absolute atomic E-state index is 12.7. The molecule has 2 heterocycles. The highest BCUT2D eigenvalue weighted by molar-refractivity contribution is 7.94. The highest BCUT2D eigenvalue weighted by Gasteiger charge is 2.34. The first-order valence-electron chi connectivity index (χ1n) is 10.8. The van der Waals surface area contributed by atoms with Crippen molar-refractivity contribution in [1.29, 1.82) is 0 Å². The zero-order valence-electron chi connectivity index (χ0n) is 19.6. The highest BCUT2D eigenvalue weighted by Crippen LogP contribution is 2.22. The molecular weight excluding hydrogens is 580 g/mol. The van der Waals surface area contributed by atoms with Gasteiger partial charge in [-0.3, -0.25) is 39.3 Å². The molecular formula is C20H20N6O10S3. The lowest BCUT2D eigenvalue weighted by molar-refractivity contribution is -0.135. The second-order valence-electron chi connectivity index (χ2n) is 8.25. The first kappa shape index (κ1) is 28.1. The molecule has 4 amide bonds. The first-order chi connectivity index (χ1) is 18.2. The van der Waals surface area contributed by atoms with Gasteiger partial charge < -0.3 is 0 Å². The number of imide groups is 2. The van der Waals surface area contributed by atoms with Crippen LogP contribution in [0.3, 0.4) is 0 Å². The van der Waals surface area contributed by atoms with Crippen LogP contribution < -0.4 is 20.1 Å². The van der Waals surface area contributed by atoms with Crippen LogP contribution in [-0.2, 0) is 49.4 Å². The van der Waals surface area contributed by atoms with E-state index in [0.29, 0.717) is 8.61 Å². The van der Waals surface area contributed by atoms with Gasteiger partial charge in [-0.1, -0.05) is 0 Å². The van der Waals surface area contributed by atoms with Gasteiger partial charge in [0, 0.05) is 0 Å². The van der Waals surface area contributed by atoms with E-state index in [0.717, 1.165) is 48.5 Å². The van der Waals surface area contributed by atoms with Gasteiger partial charge in [0.15, 0.2) is 0 Å². The lowest BCUT2D eigenvalue weighted by Crippen LogP contribution is -2.53. The number of carbonyl (C=O) groups excluding carboxylic acids is 4. The van der Waals surface area contributed by atoms with Crippen molar-refractivity contribution in [3.8, 4) is 0 Å². The minimum absolute atomic E-state index is 0.0267. The quantitative estimate of drug-likeness (QED) is 0.238. The molecule has 2 aliphatic heterocycles. The number of hydrogen-bond donors (Lipinski definition) is 4. The summed E-state index contributed by atoms with van der Waals surface area (Å²) < 4.78 is 81.6. The Bertz CT molecular complexity index is 1520. The molecule has 0 radical (unpaired) electrons. The Hall–Kier alpha value is -3.91. The molecule has 4 N–H and O–H groups in total. The van der Waals surface area contributed by atoms with E-state index in [-0.39, 0.29) is 21.2 Å². The van der Waals surface area contributed by atoms with Gasteiger partial charge in [-0.25, -0.2) is 16.8 Å². The molecule has 0 atom stereocenters. The predicted molar refractivity (Wildman–Crippen MR) is 133 cm³/mol. The maximum Gasteiger partial charge on any atom is 0.321 e. The van der Waals surface area contributed by atoms with Crippen molar-refractivity contribution in [2.45, 2.75) is 9.79 Å². The molecule has 0 saturated carbocycles. The lowest BCUT2D eigenvalue weighted by atomic mass is 10.3.